The Balaban J connectivity index is 2.63. The number of nitrogens with one attached hydrogen (secondary N) is 1. The second-order valence-electron chi connectivity index (χ2n) is 4.33. The average Bonchev–Trinajstić information content (AvgIpc) is 2.46. The van der Waals surface area contributed by atoms with Gasteiger partial charge in [0.25, 0.3) is 5.91 Å². The van der Waals surface area contributed by atoms with Crippen LogP contribution in [0.25, 0.3) is 0 Å². The smallest absolute Gasteiger partial charge is 0.257 e. The van der Waals surface area contributed by atoms with Gasteiger partial charge in [0.1, 0.15) is 0 Å². The van der Waals surface area contributed by atoms with E-state index in [9.17, 15) is 9.90 Å². The van der Waals surface area contributed by atoms with E-state index in [1.165, 1.54) is 0 Å². The largest absolute Gasteiger partial charge is 0.490 e. The molecule has 5 nitrogen and oxygen atoms in total. The molecule has 0 saturated heterocycles. The normalized spacial score (nSPS) is 10.2. The molecule has 0 spiro atoms. The highest BCUT2D eigenvalue weighted by Gasteiger charge is 2.12. The zero-order valence-corrected chi connectivity index (χ0v) is 12.1. The molecule has 0 heterocycles. The number of unbranched alkanes of at least 4 members (excludes halogenated alkanes) is 1. The summed E-state index contributed by atoms with van der Waals surface area (Å²) in [6.07, 6.45) is 1.98. The third-order valence-electron chi connectivity index (χ3n) is 2.73. The van der Waals surface area contributed by atoms with Gasteiger partial charge in [0.05, 0.1) is 13.2 Å². The topological polar surface area (TPSA) is 67.8 Å². The van der Waals surface area contributed by atoms with E-state index in [-0.39, 0.29) is 19.1 Å². The number of carbonyl (C=O) groups is 1. The monoisotopic (exact) mass is 281 g/mol. The molecule has 0 bridgehead atoms. The first kappa shape index (κ1) is 16.3. The molecule has 0 unspecified atom stereocenters. The number of ether oxygens (including phenoxy) is 2. The summed E-state index contributed by atoms with van der Waals surface area (Å²) in [5.41, 5.74) is 0.609. The molecule has 0 radical (unpaired) electrons. The summed E-state index contributed by atoms with van der Waals surface area (Å²) >= 11 is 0. The Kier molecular flexibility index (Phi) is 7.50. The van der Waals surface area contributed by atoms with E-state index in [1.807, 2.05) is 6.92 Å². The molecule has 0 fully saturated rings. The van der Waals surface area contributed by atoms with E-state index in [2.05, 4.69) is 12.2 Å². The van der Waals surface area contributed by atoms with Crippen LogP contribution in [-0.4, -0.2) is 30.8 Å². The third-order valence-corrected chi connectivity index (χ3v) is 2.73. The number of hydrogen-bond acceptors (Lipinski definition) is 4. The van der Waals surface area contributed by atoms with E-state index in [0.29, 0.717) is 30.2 Å². The maximum absolute atomic E-state index is 11.6. The van der Waals surface area contributed by atoms with Gasteiger partial charge < -0.3 is 19.9 Å². The third kappa shape index (κ3) is 5.09. The van der Waals surface area contributed by atoms with Crippen molar-refractivity contribution in [1.82, 2.24) is 5.32 Å². The van der Waals surface area contributed by atoms with E-state index < -0.39 is 0 Å². The summed E-state index contributed by atoms with van der Waals surface area (Å²) in [5.74, 6) is 0.802. The fourth-order valence-electron chi connectivity index (χ4n) is 1.71. The fourth-order valence-corrected chi connectivity index (χ4v) is 1.71. The molecule has 0 aliphatic heterocycles. The number of para-hydroxylation sites is 1. The van der Waals surface area contributed by atoms with Crippen LogP contribution in [0.5, 0.6) is 11.5 Å². The van der Waals surface area contributed by atoms with Crippen LogP contribution < -0.4 is 14.8 Å². The molecular formula is C15H23NO4. The van der Waals surface area contributed by atoms with E-state index >= 15 is 0 Å². The van der Waals surface area contributed by atoms with Crippen molar-refractivity contribution in [3.8, 4) is 11.5 Å². The maximum atomic E-state index is 11.6. The minimum Gasteiger partial charge on any atom is -0.490 e. The van der Waals surface area contributed by atoms with Crippen LogP contribution in [0.15, 0.2) is 18.2 Å². The number of rotatable bonds is 9. The molecule has 1 aromatic rings. The number of amides is 1. The van der Waals surface area contributed by atoms with Crippen molar-refractivity contribution in [2.45, 2.75) is 33.3 Å². The van der Waals surface area contributed by atoms with Crippen LogP contribution in [0.2, 0.25) is 0 Å². The SMILES string of the molecule is CCCCNC(=O)COc1c(CO)cccc1OCC. The Hall–Kier alpha value is -1.75. The van der Waals surface area contributed by atoms with E-state index in [0.717, 1.165) is 12.8 Å². The van der Waals surface area contributed by atoms with Crippen molar-refractivity contribution in [3.63, 3.8) is 0 Å². The van der Waals surface area contributed by atoms with Crippen molar-refractivity contribution in [1.29, 1.82) is 0 Å². The molecular weight excluding hydrogens is 258 g/mol. The van der Waals surface area contributed by atoms with Crippen molar-refractivity contribution >= 4 is 5.91 Å². The second-order valence-corrected chi connectivity index (χ2v) is 4.33. The quantitative estimate of drug-likeness (QED) is 0.678. The van der Waals surface area contributed by atoms with Crippen LogP contribution in [0, 0.1) is 0 Å². The lowest BCUT2D eigenvalue weighted by Gasteiger charge is -2.14. The van der Waals surface area contributed by atoms with Gasteiger partial charge in [0.15, 0.2) is 18.1 Å². The molecule has 0 saturated carbocycles. The summed E-state index contributed by atoms with van der Waals surface area (Å²) in [5, 5.41) is 12.1. The number of hydrogen-bond donors (Lipinski definition) is 2. The first-order valence-electron chi connectivity index (χ1n) is 6.97. The standard InChI is InChI=1S/C15H23NO4/c1-3-5-9-16-14(18)11-20-15-12(10-17)7-6-8-13(15)19-4-2/h6-8,17H,3-5,9-11H2,1-2H3,(H,16,18). The van der Waals surface area contributed by atoms with E-state index in [1.54, 1.807) is 18.2 Å². The minimum absolute atomic E-state index is 0.0825. The highest BCUT2D eigenvalue weighted by molar-refractivity contribution is 5.77. The van der Waals surface area contributed by atoms with Gasteiger partial charge in [-0.15, -0.1) is 0 Å². The minimum atomic E-state index is -0.173. The van der Waals surface area contributed by atoms with E-state index in [4.69, 9.17) is 9.47 Å². The predicted octanol–water partition coefficient (Wildman–Crippen LogP) is 1.87. The lowest BCUT2D eigenvalue weighted by molar-refractivity contribution is -0.123. The van der Waals surface area contributed by atoms with Crippen LogP contribution in [-0.2, 0) is 11.4 Å². The summed E-state index contributed by atoms with van der Waals surface area (Å²) < 4.78 is 10.9. The molecule has 20 heavy (non-hydrogen) atoms. The number of carbonyl (C=O) groups excluding carboxylic acids is 1. The molecule has 0 aliphatic rings. The Morgan fingerprint density at radius 3 is 2.75 bits per heavy atom. The van der Waals surface area contributed by atoms with Gasteiger partial charge in [-0.3, -0.25) is 4.79 Å². The highest BCUT2D eigenvalue weighted by Crippen LogP contribution is 2.31. The van der Waals surface area contributed by atoms with Crippen LogP contribution in [0.3, 0.4) is 0 Å². The van der Waals surface area contributed by atoms with Gasteiger partial charge in [0.2, 0.25) is 0 Å². The van der Waals surface area contributed by atoms with Gasteiger partial charge in [-0.2, -0.15) is 0 Å². The Bertz CT molecular complexity index is 420. The highest BCUT2D eigenvalue weighted by atomic mass is 16.5. The molecule has 0 atom stereocenters. The van der Waals surface area contributed by atoms with Gasteiger partial charge >= 0.3 is 0 Å². The summed E-state index contributed by atoms with van der Waals surface area (Å²) in [4.78, 5) is 11.6. The number of aliphatic hydroxyl groups excluding tert-OH is 1. The lowest BCUT2D eigenvalue weighted by Crippen LogP contribution is -2.29. The Morgan fingerprint density at radius 2 is 2.10 bits per heavy atom. The fraction of sp³-hybridized carbons (Fsp3) is 0.533. The van der Waals surface area contributed by atoms with Crippen LogP contribution in [0.1, 0.15) is 32.3 Å². The summed E-state index contributed by atoms with van der Waals surface area (Å²) in [7, 11) is 0. The Morgan fingerprint density at radius 1 is 1.30 bits per heavy atom. The van der Waals surface area contributed by atoms with Crippen LogP contribution in [0.4, 0.5) is 0 Å². The zero-order chi connectivity index (χ0) is 14.8. The zero-order valence-electron chi connectivity index (χ0n) is 12.1. The van der Waals surface area contributed by atoms with Gasteiger partial charge in [0, 0.05) is 12.1 Å². The molecule has 1 aromatic carbocycles. The maximum Gasteiger partial charge on any atom is 0.257 e. The molecule has 1 rings (SSSR count). The van der Waals surface area contributed by atoms with Gasteiger partial charge in [-0.25, -0.2) is 0 Å². The van der Waals surface area contributed by atoms with Crippen molar-refractivity contribution in [2.75, 3.05) is 19.8 Å². The van der Waals surface area contributed by atoms with Crippen molar-refractivity contribution < 1.29 is 19.4 Å². The average molecular weight is 281 g/mol. The van der Waals surface area contributed by atoms with Gasteiger partial charge in [-0.05, 0) is 19.4 Å². The van der Waals surface area contributed by atoms with Crippen molar-refractivity contribution in [2.24, 2.45) is 0 Å². The molecule has 0 aliphatic carbocycles. The molecule has 0 aromatic heterocycles. The molecule has 5 heteroatoms. The summed E-state index contributed by atoms with van der Waals surface area (Å²) in [6, 6.07) is 5.28. The van der Waals surface area contributed by atoms with Crippen molar-refractivity contribution in [3.05, 3.63) is 23.8 Å². The summed E-state index contributed by atoms with van der Waals surface area (Å²) in [6.45, 7) is 4.84. The second kappa shape index (κ2) is 9.20. The van der Waals surface area contributed by atoms with Crippen LogP contribution >= 0.6 is 0 Å². The molecule has 1 amide bonds. The lowest BCUT2D eigenvalue weighted by atomic mass is 10.2. The number of benzene rings is 1. The first-order valence-corrected chi connectivity index (χ1v) is 6.97. The predicted molar refractivity (Wildman–Crippen MR) is 76.9 cm³/mol. The molecule has 2 N–H and O–H groups in total. The Labute approximate surface area is 119 Å². The molecule has 112 valence electrons. The number of aliphatic hydroxyl groups is 1. The van der Waals surface area contributed by atoms with Gasteiger partial charge in [-0.1, -0.05) is 25.5 Å². The first-order chi connectivity index (χ1) is 9.72.